The van der Waals surface area contributed by atoms with E-state index in [2.05, 4.69) is 5.10 Å². The van der Waals surface area contributed by atoms with Crippen LogP contribution in [0.5, 0.6) is 0 Å². The Labute approximate surface area is 136 Å². The fraction of sp³-hybridized carbons (Fsp3) is 0.312. The lowest BCUT2D eigenvalue weighted by Crippen LogP contribution is -2.45. The van der Waals surface area contributed by atoms with E-state index < -0.39 is 23.4 Å². The van der Waals surface area contributed by atoms with Crippen molar-refractivity contribution in [2.24, 2.45) is 5.73 Å². The standard InChI is InChI=1S/C16H15FN4O3/c17-10-3-1-2-9(6-10)13-12(14(18)22)11-7-20(15(23)24)8-16(4-5-16)21(11)19-13/h1-3,6H,4-5,7-8H2,(H2,18,22)(H,23,24). The van der Waals surface area contributed by atoms with Crippen molar-refractivity contribution in [2.75, 3.05) is 6.54 Å². The number of halogens is 1. The third-order valence-electron chi connectivity index (χ3n) is 4.70. The normalized spacial score (nSPS) is 17.6. The molecule has 1 aromatic heterocycles. The molecular weight excluding hydrogens is 315 g/mol. The van der Waals surface area contributed by atoms with Crippen molar-refractivity contribution in [3.63, 3.8) is 0 Å². The lowest BCUT2D eigenvalue weighted by Gasteiger charge is -2.32. The zero-order chi connectivity index (χ0) is 17.1. The second-order valence-electron chi connectivity index (χ2n) is 6.32. The number of nitrogens with zero attached hydrogens (tertiary/aromatic N) is 3. The molecule has 4 rings (SSSR count). The molecule has 0 unspecified atom stereocenters. The van der Waals surface area contributed by atoms with E-state index >= 15 is 0 Å². The van der Waals surface area contributed by atoms with Gasteiger partial charge in [-0.1, -0.05) is 12.1 Å². The van der Waals surface area contributed by atoms with E-state index in [1.165, 1.54) is 23.1 Å². The van der Waals surface area contributed by atoms with Gasteiger partial charge in [0.25, 0.3) is 5.91 Å². The van der Waals surface area contributed by atoms with Crippen LogP contribution in [-0.4, -0.2) is 38.3 Å². The third kappa shape index (κ3) is 2.06. The highest BCUT2D eigenvalue weighted by Gasteiger charge is 2.52. The van der Waals surface area contributed by atoms with Gasteiger partial charge in [0.05, 0.1) is 23.3 Å². The Hall–Kier alpha value is -2.90. The molecule has 8 heteroatoms. The number of carboxylic acid groups (broad SMARTS) is 1. The van der Waals surface area contributed by atoms with Crippen LogP contribution >= 0.6 is 0 Å². The summed E-state index contributed by atoms with van der Waals surface area (Å²) < 4.78 is 15.3. The second kappa shape index (κ2) is 4.80. The summed E-state index contributed by atoms with van der Waals surface area (Å²) in [6.07, 6.45) is 0.523. The predicted molar refractivity (Wildman–Crippen MR) is 81.8 cm³/mol. The van der Waals surface area contributed by atoms with E-state index in [-0.39, 0.29) is 12.1 Å². The van der Waals surface area contributed by atoms with E-state index in [9.17, 15) is 19.1 Å². The van der Waals surface area contributed by atoms with E-state index in [1.807, 2.05) is 0 Å². The summed E-state index contributed by atoms with van der Waals surface area (Å²) in [6.45, 7) is 0.371. The Bertz CT molecular complexity index is 872. The summed E-state index contributed by atoms with van der Waals surface area (Å²) in [7, 11) is 0. The van der Waals surface area contributed by atoms with Crippen molar-refractivity contribution < 1.29 is 19.1 Å². The molecule has 2 aromatic rings. The van der Waals surface area contributed by atoms with Crippen molar-refractivity contribution in [3.05, 3.63) is 41.3 Å². The summed E-state index contributed by atoms with van der Waals surface area (Å²) in [6, 6.07) is 5.77. The van der Waals surface area contributed by atoms with Gasteiger partial charge < -0.3 is 15.7 Å². The van der Waals surface area contributed by atoms with Crippen LogP contribution in [0.15, 0.2) is 24.3 Å². The maximum Gasteiger partial charge on any atom is 0.407 e. The van der Waals surface area contributed by atoms with Gasteiger partial charge in [-0.05, 0) is 25.0 Å². The Morgan fingerprint density at radius 2 is 2.08 bits per heavy atom. The lowest BCUT2D eigenvalue weighted by atomic mass is 10.0. The lowest BCUT2D eigenvalue weighted by molar-refractivity contribution is 0.0984. The number of carbonyl (C=O) groups excluding carboxylic acids is 1. The van der Waals surface area contributed by atoms with Gasteiger partial charge >= 0.3 is 6.09 Å². The second-order valence-corrected chi connectivity index (χ2v) is 6.32. The van der Waals surface area contributed by atoms with Crippen LogP contribution in [0.1, 0.15) is 28.9 Å². The van der Waals surface area contributed by atoms with Crippen LogP contribution in [0, 0.1) is 5.82 Å². The molecular formula is C16H15FN4O3. The van der Waals surface area contributed by atoms with E-state index in [0.717, 1.165) is 12.8 Å². The molecule has 2 heterocycles. The summed E-state index contributed by atoms with van der Waals surface area (Å²) >= 11 is 0. The predicted octanol–water partition coefficient (Wildman–Crippen LogP) is 1.77. The number of amides is 2. The first kappa shape index (κ1) is 14.7. The maximum atomic E-state index is 13.6. The molecule has 2 amide bonds. The van der Waals surface area contributed by atoms with E-state index in [4.69, 9.17) is 5.73 Å². The van der Waals surface area contributed by atoms with Gasteiger partial charge in [0.1, 0.15) is 11.5 Å². The number of aromatic nitrogens is 2. The first-order chi connectivity index (χ1) is 11.4. The highest BCUT2D eigenvalue weighted by Crippen LogP contribution is 2.48. The van der Waals surface area contributed by atoms with E-state index in [0.29, 0.717) is 23.5 Å². The largest absolute Gasteiger partial charge is 0.465 e. The summed E-state index contributed by atoms with van der Waals surface area (Å²) in [5, 5.41) is 13.9. The van der Waals surface area contributed by atoms with Crippen molar-refractivity contribution >= 4 is 12.0 Å². The first-order valence-corrected chi connectivity index (χ1v) is 7.57. The highest BCUT2D eigenvalue weighted by molar-refractivity contribution is 6.00. The molecule has 124 valence electrons. The summed E-state index contributed by atoms with van der Waals surface area (Å²) in [5.74, 6) is -1.14. The van der Waals surface area contributed by atoms with Crippen molar-refractivity contribution in [1.82, 2.24) is 14.7 Å². The molecule has 0 radical (unpaired) electrons. The number of hydrogen-bond donors (Lipinski definition) is 2. The molecule has 0 atom stereocenters. The summed E-state index contributed by atoms with van der Waals surface area (Å²) in [4.78, 5) is 24.7. The van der Waals surface area contributed by atoms with Gasteiger partial charge in [0.15, 0.2) is 0 Å². The zero-order valence-corrected chi connectivity index (χ0v) is 12.7. The Kier molecular flexibility index (Phi) is 2.93. The Morgan fingerprint density at radius 3 is 2.67 bits per heavy atom. The van der Waals surface area contributed by atoms with Crippen LogP contribution in [0.4, 0.5) is 9.18 Å². The van der Waals surface area contributed by atoms with Gasteiger partial charge in [-0.3, -0.25) is 9.48 Å². The van der Waals surface area contributed by atoms with Crippen molar-refractivity contribution in [3.8, 4) is 11.3 Å². The molecule has 3 N–H and O–H groups in total. The van der Waals surface area contributed by atoms with Gasteiger partial charge in [0.2, 0.25) is 0 Å². The topological polar surface area (TPSA) is 101 Å². The number of benzene rings is 1. The van der Waals surface area contributed by atoms with Crippen LogP contribution < -0.4 is 5.73 Å². The van der Waals surface area contributed by atoms with Crippen molar-refractivity contribution in [2.45, 2.75) is 24.9 Å². The van der Waals surface area contributed by atoms with Crippen LogP contribution in [-0.2, 0) is 12.1 Å². The minimum Gasteiger partial charge on any atom is -0.465 e. The molecule has 1 fully saturated rings. The van der Waals surface area contributed by atoms with Crippen molar-refractivity contribution in [1.29, 1.82) is 0 Å². The molecule has 0 bridgehead atoms. The molecule has 1 spiro atoms. The van der Waals surface area contributed by atoms with Crippen LogP contribution in [0.3, 0.4) is 0 Å². The number of hydrogen-bond acceptors (Lipinski definition) is 3. The average Bonchev–Trinajstić information content (AvgIpc) is 3.16. The molecule has 24 heavy (non-hydrogen) atoms. The summed E-state index contributed by atoms with van der Waals surface area (Å²) in [5.41, 5.74) is 6.52. The molecule has 0 saturated heterocycles. The Balaban J connectivity index is 1.92. The zero-order valence-electron chi connectivity index (χ0n) is 12.7. The highest BCUT2D eigenvalue weighted by atomic mass is 19.1. The van der Waals surface area contributed by atoms with Crippen LogP contribution in [0.2, 0.25) is 0 Å². The fourth-order valence-corrected chi connectivity index (χ4v) is 3.40. The smallest absolute Gasteiger partial charge is 0.407 e. The Morgan fingerprint density at radius 1 is 1.33 bits per heavy atom. The van der Waals surface area contributed by atoms with Gasteiger partial charge in [-0.2, -0.15) is 5.10 Å². The average molecular weight is 330 g/mol. The van der Waals surface area contributed by atoms with Gasteiger partial charge in [-0.15, -0.1) is 0 Å². The molecule has 1 aliphatic heterocycles. The number of fused-ring (bicyclic) bond motifs is 2. The third-order valence-corrected chi connectivity index (χ3v) is 4.70. The fourth-order valence-electron chi connectivity index (χ4n) is 3.40. The number of rotatable bonds is 2. The molecule has 1 aliphatic carbocycles. The molecule has 7 nitrogen and oxygen atoms in total. The maximum absolute atomic E-state index is 13.6. The minimum absolute atomic E-state index is 0.0394. The SMILES string of the molecule is NC(=O)c1c(-c2cccc(F)c2)nn2c1CN(C(=O)O)CC21CC1. The molecule has 1 saturated carbocycles. The van der Waals surface area contributed by atoms with E-state index in [1.54, 1.807) is 10.7 Å². The molecule has 1 aromatic carbocycles. The van der Waals surface area contributed by atoms with Gasteiger partial charge in [-0.25, -0.2) is 9.18 Å². The number of carbonyl (C=O) groups is 2. The van der Waals surface area contributed by atoms with Gasteiger partial charge in [0, 0.05) is 12.1 Å². The number of primary amides is 1. The first-order valence-electron chi connectivity index (χ1n) is 7.57. The molecule has 2 aliphatic rings. The monoisotopic (exact) mass is 330 g/mol. The number of nitrogens with two attached hydrogens (primary N) is 1. The quantitative estimate of drug-likeness (QED) is 0.876. The minimum atomic E-state index is -1.04. The van der Waals surface area contributed by atoms with Crippen LogP contribution in [0.25, 0.3) is 11.3 Å².